The van der Waals surface area contributed by atoms with E-state index in [1.165, 1.54) is 12.1 Å². The second-order valence-electron chi connectivity index (χ2n) is 6.50. The Kier molecular flexibility index (Phi) is 4.55. The Morgan fingerprint density at radius 2 is 2.28 bits per heavy atom. The van der Waals surface area contributed by atoms with Gasteiger partial charge in [0.05, 0.1) is 18.8 Å². The molecule has 1 saturated heterocycles. The fraction of sp³-hybridized carbons (Fsp3) is 0.421. The lowest BCUT2D eigenvalue weighted by molar-refractivity contribution is 0.0902. The van der Waals surface area contributed by atoms with E-state index in [4.69, 9.17) is 9.15 Å². The van der Waals surface area contributed by atoms with Crippen LogP contribution in [0.25, 0.3) is 11.0 Å². The molecule has 1 aliphatic rings. The molecular weight excluding hydrogens is 321 g/mol. The summed E-state index contributed by atoms with van der Waals surface area (Å²) in [4.78, 5) is 0. The third-order valence-electron chi connectivity index (χ3n) is 4.76. The normalized spacial score (nSPS) is 20.6. The number of rotatable bonds is 6. The quantitative estimate of drug-likeness (QED) is 0.742. The van der Waals surface area contributed by atoms with E-state index in [1.807, 2.05) is 16.9 Å². The van der Waals surface area contributed by atoms with Crippen molar-refractivity contribution in [3.05, 3.63) is 53.8 Å². The molecule has 6 heteroatoms. The maximum absolute atomic E-state index is 13.3. The van der Waals surface area contributed by atoms with Gasteiger partial charge in [0.2, 0.25) is 0 Å². The fourth-order valence-corrected chi connectivity index (χ4v) is 3.45. The highest BCUT2D eigenvalue weighted by Gasteiger charge is 2.30. The van der Waals surface area contributed by atoms with Gasteiger partial charge in [-0.25, -0.2) is 4.39 Å². The Labute approximate surface area is 145 Å². The van der Waals surface area contributed by atoms with Gasteiger partial charge in [-0.05, 0) is 37.6 Å². The summed E-state index contributed by atoms with van der Waals surface area (Å²) in [6.45, 7) is 5.17. The van der Waals surface area contributed by atoms with Crippen molar-refractivity contribution < 1.29 is 13.5 Å². The molecule has 0 spiro atoms. The van der Waals surface area contributed by atoms with Crippen LogP contribution in [0.1, 0.15) is 30.8 Å². The Balaban J connectivity index is 1.36. The second kappa shape index (κ2) is 6.98. The predicted molar refractivity (Wildman–Crippen MR) is 92.6 cm³/mol. The number of halogens is 1. The minimum atomic E-state index is -0.244. The van der Waals surface area contributed by atoms with E-state index in [1.54, 1.807) is 6.07 Å². The molecule has 1 N–H and O–H groups in total. The molecule has 0 bridgehead atoms. The third-order valence-corrected chi connectivity index (χ3v) is 4.76. The summed E-state index contributed by atoms with van der Waals surface area (Å²) in [5.41, 5.74) is 1.86. The first-order chi connectivity index (χ1) is 12.2. The average Bonchev–Trinajstić information content (AvgIpc) is 3.32. The monoisotopic (exact) mass is 343 g/mol. The van der Waals surface area contributed by atoms with Crippen LogP contribution in [-0.4, -0.2) is 22.9 Å². The summed E-state index contributed by atoms with van der Waals surface area (Å²) >= 11 is 0. The largest absolute Gasteiger partial charge is 0.460 e. The molecule has 3 heterocycles. The van der Waals surface area contributed by atoms with Crippen molar-refractivity contribution >= 4 is 11.0 Å². The van der Waals surface area contributed by atoms with Crippen LogP contribution in [0, 0.1) is 11.7 Å². The van der Waals surface area contributed by atoms with Crippen LogP contribution >= 0.6 is 0 Å². The van der Waals surface area contributed by atoms with Crippen LogP contribution in [0.5, 0.6) is 0 Å². The standard InChI is InChI=1S/C19H22FN3O2/c1-2-23-12-15(10-22-23)19-13(5-6-24-19)9-21-11-17-8-14-7-16(20)3-4-18(14)25-17/h3-4,7-8,10,12-13,19,21H,2,5-6,9,11H2,1H3/t13-,19-/m0/s1. The van der Waals surface area contributed by atoms with E-state index in [0.29, 0.717) is 18.0 Å². The van der Waals surface area contributed by atoms with E-state index in [0.717, 1.165) is 42.8 Å². The van der Waals surface area contributed by atoms with Crippen LogP contribution in [-0.2, 0) is 17.8 Å². The van der Waals surface area contributed by atoms with E-state index >= 15 is 0 Å². The van der Waals surface area contributed by atoms with Gasteiger partial charge in [0.25, 0.3) is 0 Å². The molecular formula is C19H22FN3O2. The number of furan rings is 1. The van der Waals surface area contributed by atoms with Crippen molar-refractivity contribution in [3.63, 3.8) is 0 Å². The summed E-state index contributed by atoms with van der Waals surface area (Å²) in [6.07, 6.45) is 5.09. The smallest absolute Gasteiger partial charge is 0.134 e. The zero-order chi connectivity index (χ0) is 17.2. The van der Waals surface area contributed by atoms with Gasteiger partial charge >= 0.3 is 0 Å². The van der Waals surface area contributed by atoms with Gasteiger partial charge in [0.1, 0.15) is 17.2 Å². The Bertz CT molecular complexity index is 857. The molecule has 2 atom stereocenters. The van der Waals surface area contributed by atoms with Crippen molar-refractivity contribution in [1.29, 1.82) is 0 Å². The van der Waals surface area contributed by atoms with Gasteiger partial charge in [-0.3, -0.25) is 4.68 Å². The van der Waals surface area contributed by atoms with Gasteiger partial charge in [-0.2, -0.15) is 5.10 Å². The lowest BCUT2D eigenvalue weighted by atomic mass is 9.97. The Morgan fingerprint density at radius 1 is 1.36 bits per heavy atom. The average molecular weight is 343 g/mol. The SMILES string of the molecule is CCn1cc([C@H]2OCC[C@H]2CNCc2cc3cc(F)ccc3o2)cn1. The zero-order valence-corrected chi connectivity index (χ0v) is 14.2. The number of hydrogen-bond acceptors (Lipinski definition) is 4. The van der Waals surface area contributed by atoms with Crippen LogP contribution in [0.4, 0.5) is 4.39 Å². The van der Waals surface area contributed by atoms with Crippen LogP contribution in [0.15, 0.2) is 41.1 Å². The maximum Gasteiger partial charge on any atom is 0.134 e. The number of aryl methyl sites for hydroxylation is 1. The van der Waals surface area contributed by atoms with E-state index in [2.05, 4.69) is 23.5 Å². The minimum absolute atomic E-state index is 0.0950. The summed E-state index contributed by atoms with van der Waals surface area (Å²) in [5.74, 6) is 0.984. The molecule has 0 unspecified atom stereocenters. The fourth-order valence-electron chi connectivity index (χ4n) is 3.45. The van der Waals surface area contributed by atoms with E-state index in [9.17, 15) is 4.39 Å². The lowest BCUT2D eigenvalue weighted by Crippen LogP contribution is -2.24. The molecule has 25 heavy (non-hydrogen) atoms. The molecule has 0 aliphatic carbocycles. The number of aromatic nitrogens is 2. The van der Waals surface area contributed by atoms with Gasteiger partial charge < -0.3 is 14.5 Å². The lowest BCUT2D eigenvalue weighted by Gasteiger charge is -2.17. The number of ether oxygens (including phenoxy) is 1. The first-order valence-corrected chi connectivity index (χ1v) is 8.75. The molecule has 1 fully saturated rings. The van der Waals surface area contributed by atoms with Crippen LogP contribution in [0.2, 0.25) is 0 Å². The Hall–Kier alpha value is -2.18. The third kappa shape index (κ3) is 3.45. The van der Waals surface area contributed by atoms with Crippen LogP contribution < -0.4 is 5.32 Å². The number of benzene rings is 1. The molecule has 0 radical (unpaired) electrons. The van der Waals surface area contributed by atoms with Gasteiger partial charge in [-0.15, -0.1) is 0 Å². The summed E-state index contributed by atoms with van der Waals surface area (Å²) < 4.78 is 26.8. The maximum atomic E-state index is 13.3. The molecule has 1 aliphatic heterocycles. The summed E-state index contributed by atoms with van der Waals surface area (Å²) in [7, 11) is 0. The molecule has 4 rings (SSSR count). The van der Waals surface area contributed by atoms with Crippen molar-refractivity contribution in [2.75, 3.05) is 13.2 Å². The van der Waals surface area contributed by atoms with Gasteiger partial charge in [-0.1, -0.05) is 0 Å². The van der Waals surface area contributed by atoms with Crippen molar-refractivity contribution in [2.24, 2.45) is 5.92 Å². The number of fused-ring (bicyclic) bond motifs is 1. The minimum Gasteiger partial charge on any atom is -0.460 e. The first-order valence-electron chi connectivity index (χ1n) is 8.75. The van der Waals surface area contributed by atoms with Crippen molar-refractivity contribution in [1.82, 2.24) is 15.1 Å². The molecule has 0 saturated carbocycles. The number of nitrogens with zero attached hydrogens (tertiary/aromatic N) is 2. The second-order valence-corrected chi connectivity index (χ2v) is 6.50. The van der Waals surface area contributed by atoms with Crippen molar-refractivity contribution in [2.45, 2.75) is 32.5 Å². The van der Waals surface area contributed by atoms with E-state index < -0.39 is 0 Å². The number of nitrogens with one attached hydrogen (secondary N) is 1. The van der Waals surface area contributed by atoms with Crippen LogP contribution in [0.3, 0.4) is 0 Å². The topological polar surface area (TPSA) is 52.2 Å². The highest BCUT2D eigenvalue weighted by Crippen LogP contribution is 2.34. The molecule has 1 aromatic carbocycles. The van der Waals surface area contributed by atoms with Gasteiger partial charge in [0, 0.05) is 42.8 Å². The molecule has 2 aromatic heterocycles. The zero-order valence-electron chi connectivity index (χ0n) is 14.2. The first kappa shape index (κ1) is 16.3. The van der Waals surface area contributed by atoms with E-state index in [-0.39, 0.29) is 11.9 Å². The number of hydrogen-bond donors (Lipinski definition) is 1. The molecule has 3 aromatic rings. The summed E-state index contributed by atoms with van der Waals surface area (Å²) in [5, 5.41) is 8.59. The predicted octanol–water partition coefficient (Wildman–Crippen LogP) is 3.66. The van der Waals surface area contributed by atoms with Gasteiger partial charge in [0.15, 0.2) is 0 Å². The molecule has 0 amide bonds. The molecule has 5 nitrogen and oxygen atoms in total. The Morgan fingerprint density at radius 3 is 3.12 bits per heavy atom. The van der Waals surface area contributed by atoms with Crippen molar-refractivity contribution in [3.8, 4) is 0 Å². The summed E-state index contributed by atoms with van der Waals surface area (Å²) in [6, 6.07) is 6.47. The highest BCUT2D eigenvalue weighted by molar-refractivity contribution is 5.77. The molecule has 132 valence electrons. The highest BCUT2D eigenvalue weighted by atomic mass is 19.1.